The number of benzene rings is 1. The number of hydrogen-bond donors (Lipinski definition) is 1. The highest BCUT2D eigenvalue weighted by molar-refractivity contribution is 5.90. The Bertz CT molecular complexity index is 1410. The van der Waals surface area contributed by atoms with Crippen LogP contribution in [0.25, 0.3) is 0 Å². The fourth-order valence-corrected chi connectivity index (χ4v) is 8.71. The topological polar surface area (TPSA) is 149 Å². The van der Waals surface area contributed by atoms with Crippen LogP contribution in [0.1, 0.15) is 99.5 Å². The number of carbonyl (C=O) groups excluding carboxylic acids is 5. The molecule has 1 aliphatic heterocycles. The van der Waals surface area contributed by atoms with E-state index < -0.39 is 48.1 Å². The first-order valence-electron chi connectivity index (χ1n) is 21.1. The van der Waals surface area contributed by atoms with Gasteiger partial charge < -0.3 is 29.7 Å². The van der Waals surface area contributed by atoms with Gasteiger partial charge in [0.1, 0.15) is 11.9 Å². The second-order valence-corrected chi connectivity index (χ2v) is 17.3. The summed E-state index contributed by atoms with van der Waals surface area (Å²) in [4.78, 5) is 74.9. The standard InChI is InChI=1S/C45H76N4O8/c1-14-30(6)42(48(11)44(53)35(28(2)3)25-38(51)41(29(4)5)47(9)10)39(55-12)26-40(52)49-22-18-21-36(49)43(56-13)32(8)37(50)24-34(45(54)57-31(7)27-46)23-33-19-16-15-17-20-33/h15-17,19-20,28-32,34-36,39,41-43H,14,18,21-27,46H2,1-13H3/t30-,31?,32-,34+,35-,36-,39+,41-,42-,43+/m0/s1. The highest BCUT2D eigenvalue weighted by Crippen LogP contribution is 2.32. The third-order valence-corrected chi connectivity index (χ3v) is 12.2. The van der Waals surface area contributed by atoms with Crippen LogP contribution in [0.15, 0.2) is 30.3 Å². The number of nitrogens with two attached hydrogens (primary N) is 1. The molecule has 324 valence electrons. The number of likely N-dealkylation sites (N-methyl/N-ethyl adjacent to an activating group) is 2. The number of ketones is 2. The molecule has 1 saturated heterocycles. The molecular formula is C45H76N4O8. The molecule has 0 aromatic heterocycles. The monoisotopic (exact) mass is 801 g/mol. The summed E-state index contributed by atoms with van der Waals surface area (Å²) in [6, 6.07) is 8.45. The first-order chi connectivity index (χ1) is 26.8. The minimum Gasteiger partial charge on any atom is -0.461 e. The van der Waals surface area contributed by atoms with Crippen molar-refractivity contribution < 1.29 is 38.2 Å². The van der Waals surface area contributed by atoms with Crippen LogP contribution in [0.4, 0.5) is 0 Å². The average Bonchev–Trinajstić information content (AvgIpc) is 3.65. The number of nitrogens with zero attached hydrogens (tertiary/aromatic N) is 3. The summed E-state index contributed by atoms with van der Waals surface area (Å²) in [5, 5.41) is 0. The molecule has 1 aliphatic rings. The van der Waals surface area contributed by atoms with Gasteiger partial charge >= 0.3 is 5.97 Å². The minimum atomic E-state index is -0.701. The number of carbonyl (C=O) groups is 5. The van der Waals surface area contributed by atoms with Crippen LogP contribution >= 0.6 is 0 Å². The lowest BCUT2D eigenvalue weighted by Crippen LogP contribution is -2.54. The molecule has 0 spiro atoms. The summed E-state index contributed by atoms with van der Waals surface area (Å²) in [5.74, 6) is -2.64. The van der Waals surface area contributed by atoms with E-state index in [0.717, 1.165) is 18.4 Å². The third-order valence-electron chi connectivity index (χ3n) is 12.2. The molecule has 0 radical (unpaired) electrons. The van der Waals surface area contributed by atoms with Crippen molar-refractivity contribution in [1.29, 1.82) is 0 Å². The van der Waals surface area contributed by atoms with Crippen LogP contribution in [-0.4, -0.2) is 129 Å². The van der Waals surface area contributed by atoms with Crippen molar-refractivity contribution in [2.75, 3.05) is 48.5 Å². The zero-order valence-electron chi connectivity index (χ0n) is 37.4. The van der Waals surface area contributed by atoms with Gasteiger partial charge in [-0.25, -0.2) is 0 Å². The van der Waals surface area contributed by atoms with Gasteiger partial charge in [-0.05, 0) is 63.6 Å². The van der Waals surface area contributed by atoms with Crippen molar-refractivity contribution in [2.24, 2.45) is 41.2 Å². The van der Waals surface area contributed by atoms with Crippen molar-refractivity contribution in [1.82, 2.24) is 14.7 Å². The van der Waals surface area contributed by atoms with E-state index in [1.54, 1.807) is 44.9 Å². The van der Waals surface area contributed by atoms with Crippen LogP contribution in [-0.2, 0) is 44.6 Å². The van der Waals surface area contributed by atoms with E-state index in [1.807, 2.05) is 77.0 Å². The second-order valence-electron chi connectivity index (χ2n) is 17.3. The molecule has 10 atom stereocenters. The lowest BCUT2D eigenvalue weighted by atomic mass is 9.83. The molecule has 1 fully saturated rings. The van der Waals surface area contributed by atoms with Crippen molar-refractivity contribution in [3.05, 3.63) is 35.9 Å². The lowest BCUT2D eigenvalue weighted by Gasteiger charge is -2.41. The number of hydrogen-bond acceptors (Lipinski definition) is 10. The summed E-state index contributed by atoms with van der Waals surface area (Å²) in [6.45, 7) is 16.3. The van der Waals surface area contributed by atoms with Gasteiger partial charge in [0, 0.05) is 59.0 Å². The van der Waals surface area contributed by atoms with E-state index in [1.165, 1.54) is 0 Å². The molecule has 12 nitrogen and oxygen atoms in total. The molecule has 0 bridgehead atoms. The van der Waals surface area contributed by atoms with Gasteiger partial charge in [-0.3, -0.25) is 28.9 Å². The third kappa shape index (κ3) is 14.0. The summed E-state index contributed by atoms with van der Waals surface area (Å²) in [5.41, 5.74) is 6.65. The highest BCUT2D eigenvalue weighted by Gasteiger charge is 2.43. The summed E-state index contributed by atoms with van der Waals surface area (Å²) >= 11 is 0. The quantitative estimate of drug-likeness (QED) is 0.127. The van der Waals surface area contributed by atoms with E-state index in [-0.39, 0.29) is 79.0 Å². The maximum absolute atomic E-state index is 14.3. The average molecular weight is 801 g/mol. The number of rotatable bonds is 25. The van der Waals surface area contributed by atoms with Gasteiger partial charge in [-0.1, -0.05) is 85.2 Å². The largest absolute Gasteiger partial charge is 0.461 e. The van der Waals surface area contributed by atoms with Crippen molar-refractivity contribution in [3.8, 4) is 0 Å². The zero-order valence-corrected chi connectivity index (χ0v) is 37.4. The van der Waals surface area contributed by atoms with Gasteiger partial charge in [-0.15, -0.1) is 0 Å². The van der Waals surface area contributed by atoms with Crippen molar-refractivity contribution >= 4 is 29.4 Å². The van der Waals surface area contributed by atoms with E-state index in [4.69, 9.17) is 19.9 Å². The Morgan fingerprint density at radius 1 is 0.860 bits per heavy atom. The Hall–Kier alpha value is -3.19. The number of Topliss-reactive ketones (excluding diaryl/α,β-unsaturated/α-hetero) is 2. The molecule has 2 rings (SSSR count). The SMILES string of the molecule is CC[C@H](C)[C@@H]([C@@H](CC(=O)N1CCC[C@H]1[C@H](OC)[C@@H](C)C(=O)C[C@@H](Cc1ccccc1)C(=O)OC(C)CN)OC)N(C)C(=O)[C@@H](CC(=O)[C@H](C(C)C)N(C)C)C(C)C. The molecule has 57 heavy (non-hydrogen) atoms. The normalized spacial score (nSPS) is 19.4. The van der Waals surface area contributed by atoms with E-state index in [0.29, 0.717) is 19.4 Å². The van der Waals surface area contributed by atoms with Gasteiger partial charge in [0.25, 0.3) is 0 Å². The summed E-state index contributed by atoms with van der Waals surface area (Å²) in [7, 11) is 8.69. The minimum absolute atomic E-state index is 0.00694. The molecule has 1 aromatic rings. The number of likely N-dealkylation sites (tertiary alicyclic amines) is 1. The van der Waals surface area contributed by atoms with Crippen LogP contribution < -0.4 is 5.73 Å². The first-order valence-corrected chi connectivity index (χ1v) is 21.1. The van der Waals surface area contributed by atoms with Crippen LogP contribution in [0.5, 0.6) is 0 Å². The number of esters is 1. The van der Waals surface area contributed by atoms with E-state index in [2.05, 4.69) is 13.8 Å². The molecular weight excluding hydrogens is 725 g/mol. The number of methoxy groups -OCH3 is 2. The predicted octanol–water partition coefficient (Wildman–Crippen LogP) is 5.43. The van der Waals surface area contributed by atoms with Gasteiger partial charge in [0.15, 0.2) is 5.78 Å². The molecule has 2 N–H and O–H groups in total. The molecule has 12 heteroatoms. The molecule has 0 aliphatic carbocycles. The molecule has 1 unspecified atom stereocenters. The summed E-state index contributed by atoms with van der Waals surface area (Å²) in [6.07, 6.45) is 0.937. The number of ether oxygens (including phenoxy) is 3. The lowest BCUT2D eigenvalue weighted by molar-refractivity contribution is -0.155. The Kier molecular flexibility index (Phi) is 21.1. The molecule has 0 saturated carbocycles. The fraction of sp³-hybridized carbons (Fsp3) is 0.756. The van der Waals surface area contributed by atoms with E-state index >= 15 is 0 Å². The smallest absolute Gasteiger partial charge is 0.310 e. The summed E-state index contributed by atoms with van der Waals surface area (Å²) < 4.78 is 17.7. The van der Waals surface area contributed by atoms with Gasteiger partial charge in [-0.2, -0.15) is 0 Å². The number of amides is 2. The van der Waals surface area contributed by atoms with Crippen molar-refractivity contribution in [3.63, 3.8) is 0 Å². The second kappa shape index (κ2) is 24.0. The maximum Gasteiger partial charge on any atom is 0.310 e. The fourth-order valence-electron chi connectivity index (χ4n) is 8.71. The van der Waals surface area contributed by atoms with E-state index in [9.17, 15) is 24.0 Å². The Balaban J connectivity index is 2.31. The van der Waals surface area contributed by atoms with Crippen LogP contribution in [0.2, 0.25) is 0 Å². The Morgan fingerprint density at radius 2 is 1.49 bits per heavy atom. The van der Waals surface area contributed by atoms with Crippen molar-refractivity contribution in [2.45, 2.75) is 137 Å². The Morgan fingerprint density at radius 3 is 2.00 bits per heavy atom. The van der Waals surface area contributed by atoms with Gasteiger partial charge in [0.2, 0.25) is 11.8 Å². The zero-order chi connectivity index (χ0) is 43.1. The van der Waals surface area contributed by atoms with Crippen LogP contribution in [0, 0.1) is 35.5 Å². The predicted molar refractivity (Wildman–Crippen MR) is 224 cm³/mol. The Labute approximate surface area is 343 Å². The molecule has 1 aromatic carbocycles. The molecule has 1 heterocycles. The first kappa shape index (κ1) is 50.0. The van der Waals surface area contributed by atoms with Gasteiger partial charge in [0.05, 0.1) is 42.7 Å². The highest BCUT2D eigenvalue weighted by atomic mass is 16.5. The maximum atomic E-state index is 14.3. The molecule has 2 amide bonds. The van der Waals surface area contributed by atoms with Crippen LogP contribution in [0.3, 0.4) is 0 Å².